The topological polar surface area (TPSA) is 46.5 Å². The molecule has 1 aliphatic rings. The zero-order valence-electron chi connectivity index (χ0n) is 13.1. The third-order valence-corrected chi connectivity index (χ3v) is 24.1. The third-order valence-electron chi connectivity index (χ3n) is 4.27. The van der Waals surface area contributed by atoms with Gasteiger partial charge in [-0.2, -0.15) is 0 Å². The summed E-state index contributed by atoms with van der Waals surface area (Å²) in [6.07, 6.45) is 9.99. The second kappa shape index (κ2) is 13.4. The quantitative estimate of drug-likeness (QED) is 0.459. The van der Waals surface area contributed by atoms with Crippen LogP contribution >= 0.6 is 0 Å². The van der Waals surface area contributed by atoms with Crippen LogP contribution in [0.5, 0.6) is 0 Å². The fraction of sp³-hybridized carbons (Fsp3) is 0.923. The number of carboxylic acid groups (broad SMARTS) is 1. The number of hydrogen-bond donors (Lipinski definition) is 1. The van der Waals surface area contributed by atoms with Gasteiger partial charge in [0.25, 0.3) is 0 Å². The van der Waals surface area contributed by atoms with Crippen molar-refractivity contribution in [2.24, 2.45) is 0 Å². The Morgan fingerprint density at radius 3 is 2.45 bits per heavy atom. The van der Waals surface area contributed by atoms with Crippen LogP contribution in [0, 0.1) is 0 Å². The maximum atomic E-state index is 11.4. The molecule has 0 aliphatic carbocycles. The van der Waals surface area contributed by atoms with Crippen LogP contribution in [-0.4, -0.2) is 43.8 Å². The second-order valence-electron chi connectivity index (χ2n) is 5.80. The molecule has 1 rings (SSSR count). The summed E-state index contributed by atoms with van der Waals surface area (Å²) in [6.45, 7) is 3.14. The summed E-state index contributed by atoms with van der Waals surface area (Å²) in [5.41, 5.74) is 0.0960. The maximum Gasteiger partial charge on any atom is 0.303 e. The molecule has 0 aromatic heterocycles. The Kier molecular flexibility index (Phi) is 13.8. The van der Waals surface area contributed by atoms with Gasteiger partial charge in [-0.15, -0.1) is 0 Å². The Bertz CT molecular complexity index is 251. The Hall–Kier alpha value is 0.704. The summed E-state index contributed by atoms with van der Waals surface area (Å²) in [5, 5.41) is 9.43. The van der Waals surface area contributed by atoms with E-state index in [9.17, 15) is 9.90 Å². The zero-order chi connectivity index (χ0) is 13.9. The molecule has 20 heavy (non-hydrogen) atoms. The summed E-state index contributed by atoms with van der Waals surface area (Å²) in [5.74, 6) is -0.481. The third kappa shape index (κ3) is 8.87. The van der Waals surface area contributed by atoms with Crippen molar-refractivity contribution >= 4 is 32.1 Å². The number of aliphatic carboxylic acids is 1. The molecule has 0 aromatic rings. The molecule has 0 amide bonds. The average molecular weight is 384 g/mol. The standard InChI is InChI=1S/C13H30O3Si3.Zn/c1-2-3-4-5-6-7-8-9-12(13(14)15)19-11-10-16-17-18-19;/h12,19H,2-11,17-18H2,1H3,(H,14,15);. The van der Waals surface area contributed by atoms with E-state index in [0.29, 0.717) is 0 Å². The van der Waals surface area contributed by atoms with Gasteiger partial charge >= 0.3 is 5.97 Å². The molecule has 0 radical (unpaired) electrons. The Morgan fingerprint density at radius 2 is 1.90 bits per heavy atom. The molecule has 0 bridgehead atoms. The summed E-state index contributed by atoms with van der Waals surface area (Å²) < 4.78 is 5.55. The number of hydrogen-bond acceptors (Lipinski definition) is 2. The molecule has 3 nitrogen and oxygen atoms in total. The van der Waals surface area contributed by atoms with Crippen molar-refractivity contribution in [3.63, 3.8) is 0 Å². The van der Waals surface area contributed by atoms with Crippen LogP contribution in [-0.2, 0) is 28.7 Å². The Morgan fingerprint density at radius 1 is 1.25 bits per heavy atom. The van der Waals surface area contributed by atoms with Gasteiger partial charge in [-0.1, -0.05) is 51.9 Å². The number of carbonyl (C=O) groups is 1. The molecule has 1 fully saturated rings. The van der Waals surface area contributed by atoms with E-state index >= 15 is 0 Å². The van der Waals surface area contributed by atoms with E-state index in [1.165, 1.54) is 38.5 Å². The smallest absolute Gasteiger partial charge is 0.303 e. The number of rotatable bonds is 10. The van der Waals surface area contributed by atoms with Crippen molar-refractivity contribution in [2.75, 3.05) is 6.61 Å². The van der Waals surface area contributed by atoms with Crippen molar-refractivity contribution in [2.45, 2.75) is 69.9 Å². The number of unbranched alkanes of at least 4 members (excludes halogenated alkanes) is 6. The van der Waals surface area contributed by atoms with E-state index in [-0.39, 0.29) is 42.9 Å². The van der Waals surface area contributed by atoms with Crippen molar-refractivity contribution in [1.82, 2.24) is 0 Å². The molecule has 1 heterocycles. The normalized spacial score (nSPS) is 22.6. The van der Waals surface area contributed by atoms with E-state index in [4.69, 9.17) is 4.43 Å². The van der Waals surface area contributed by atoms with E-state index in [0.717, 1.165) is 25.5 Å². The first-order valence-corrected chi connectivity index (χ1v) is 17.4. The maximum absolute atomic E-state index is 11.4. The monoisotopic (exact) mass is 382 g/mol. The average Bonchev–Trinajstić information content (AvgIpc) is 2.42. The van der Waals surface area contributed by atoms with Gasteiger partial charge in [0.05, 0.1) is 0 Å². The van der Waals surface area contributed by atoms with Crippen LogP contribution in [0.4, 0.5) is 0 Å². The predicted octanol–water partition coefficient (Wildman–Crippen LogP) is 1.50. The van der Waals surface area contributed by atoms with Crippen molar-refractivity contribution in [3.8, 4) is 0 Å². The summed E-state index contributed by atoms with van der Waals surface area (Å²) in [4.78, 5) is 11.4. The summed E-state index contributed by atoms with van der Waals surface area (Å²) in [6, 6.07) is 1.16. The number of carboxylic acids is 1. The minimum absolute atomic E-state index is 0. The Labute approximate surface area is 142 Å². The molecule has 0 aromatic carbocycles. The van der Waals surface area contributed by atoms with Crippen LogP contribution in [0.1, 0.15) is 58.3 Å². The first kappa shape index (κ1) is 20.7. The van der Waals surface area contributed by atoms with E-state index in [1.807, 2.05) is 0 Å². The van der Waals surface area contributed by atoms with Crippen LogP contribution in [0.3, 0.4) is 0 Å². The molecule has 1 saturated heterocycles. The van der Waals surface area contributed by atoms with E-state index < -0.39 is 14.3 Å². The Balaban J connectivity index is 0.00000361. The van der Waals surface area contributed by atoms with Gasteiger partial charge in [0.15, 0.2) is 0 Å². The molecule has 2 unspecified atom stereocenters. The van der Waals surface area contributed by atoms with Gasteiger partial charge in [0.1, 0.15) is 9.28 Å². The predicted molar refractivity (Wildman–Crippen MR) is 89.0 cm³/mol. The molecule has 2 atom stereocenters. The fourth-order valence-electron chi connectivity index (χ4n) is 3.00. The van der Waals surface area contributed by atoms with Gasteiger partial charge in [0, 0.05) is 48.5 Å². The van der Waals surface area contributed by atoms with Gasteiger partial charge in [-0.25, -0.2) is 0 Å². The molecule has 0 saturated carbocycles. The molecule has 1 N–H and O–H groups in total. The molecule has 0 spiro atoms. The van der Waals surface area contributed by atoms with Gasteiger partial charge in [0.2, 0.25) is 0 Å². The summed E-state index contributed by atoms with van der Waals surface area (Å²) >= 11 is 0. The largest absolute Gasteiger partial charge is 0.481 e. The first-order chi connectivity index (χ1) is 9.25. The SMILES string of the molecule is CCCCCCCCCC(C(=O)O)[SiH]1CCO[SiH2][SiH2]1.[Zn]. The van der Waals surface area contributed by atoms with Gasteiger partial charge in [-0.3, -0.25) is 4.79 Å². The van der Waals surface area contributed by atoms with Crippen LogP contribution in [0.25, 0.3) is 0 Å². The van der Waals surface area contributed by atoms with E-state index in [2.05, 4.69) is 6.92 Å². The van der Waals surface area contributed by atoms with Crippen LogP contribution < -0.4 is 0 Å². The van der Waals surface area contributed by atoms with Gasteiger partial charge < -0.3 is 9.53 Å². The van der Waals surface area contributed by atoms with Crippen molar-refractivity contribution in [1.29, 1.82) is 0 Å². The minimum atomic E-state index is -0.893. The molecule has 7 heteroatoms. The molecule has 1 aliphatic heterocycles. The molecule has 114 valence electrons. The molecular weight excluding hydrogens is 354 g/mol. The first-order valence-electron chi connectivity index (χ1n) is 8.06. The zero-order valence-corrected chi connectivity index (χ0v) is 20.1. The van der Waals surface area contributed by atoms with Gasteiger partial charge in [-0.05, 0) is 12.5 Å². The fourth-order valence-corrected chi connectivity index (χ4v) is 23.2. The van der Waals surface area contributed by atoms with E-state index in [1.54, 1.807) is 0 Å². The minimum Gasteiger partial charge on any atom is -0.481 e. The van der Waals surface area contributed by atoms with Crippen LogP contribution in [0.15, 0.2) is 0 Å². The van der Waals surface area contributed by atoms with Crippen molar-refractivity contribution < 1.29 is 33.8 Å². The molecular formula is C13H30O3Si3Zn. The summed E-state index contributed by atoms with van der Waals surface area (Å²) in [7, 11) is -1.16. The van der Waals surface area contributed by atoms with Crippen LogP contribution in [0.2, 0.25) is 11.6 Å². The second-order valence-corrected chi connectivity index (χ2v) is 21.4. The van der Waals surface area contributed by atoms with Crippen molar-refractivity contribution in [3.05, 3.63) is 0 Å².